The summed E-state index contributed by atoms with van der Waals surface area (Å²) in [5.74, 6) is 1.11. The Labute approximate surface area is 124 Å². The lowest BCUT2D eigenvalue weighted by Gasteiger charge is -2.19. The topological polar surface area (TPSA) is 73.3 Å². The summed E-state index contributed by atoms with van der Waals surface area (Å²) in [5, 5.41) is 0.0845. The van der Waals surface area contributed by atoms with Gasteiger partial charge in [0, 0.05) is 6.07 Å². The zero-order valence-electron chi connectivity index (χ0n) is 11.3. The van der Waals surface area contributed by atoms with Crippen molar-refractivity contribution in [3.05, 3.63) is 49.8 Å². The van der Waals surface area contributed by atoms with Crippen molar-refractivity contribution in [2.75, 3.05) is 13.2 Å². The number of hydrogen-bond donors (Lipinski definition) is 1. The molecule has 21 heavy (non-hydrogen) atoms. The van der Waals surface area contributed by atoms with E-state index in [4.69, 9.17) is 21.1 Å². The Balaban J connectivity index is 2.21. The van der Waals surface area contributed by atoms with Crippen LogP contribution in [0, 0.1) is 0 Å². The number of H-pyrrole nitrogens is 1. The van der Waals surface area contributed by atoms with Crippen molar-refractivity contribution in [2.24, 2.45) is 0 Å². The van der Waals surface area contributed by atoms with Crippen molar-refractivity contribution in [1.82, 2.24) is 9.55 Å². The fourth-order valence-electron chi connectivity index (χ4n) is 2.26. The Hall–Kier alpha value is -2.21. The van der Waals surface area contributed by atoms with Gasteiger partial charge in [-0.15, -0.1) is 0 Å². The Morgan fingerprint density at radius 1 is 1.24 bits per heavy atom. The summed E-state index contributed by atoms with van der Waals surface area (Å²) in [6.07, 6.45) is 0.430. The summed E-state index contributed by atoms with van der Waals surface area (Å²) in [6, 6.07) is 4.92. The van der Waals surface area contributed by atoms with Crippen LogP contribution in [0.5, 0.6) is 11.5 Å². The minimum absolute atomic E-state index is 0.0845. The number of nitrogens with one attached hydrogen (secondary N) is 1. The first-order chi connectivity index (χ1) is 10.1. The normalized spacial score (nSPS) is 13.2. The van der Waals surface area contributed by atoms with E-state index in [2.05, 4.69) is 4.98 Å². The Bertz CT molecular complexity index is 810. The minimum atomic E-state index is -0.584. The van der Waals surface area contributed by atoms with Crippen molar-refractivity contribution < 1.29 is 9.47 Å². The smallest absolute Gasteiger partial charge is 0.334 e. The first kappa shape index (κ1) is 13.8. The van der Waals surface area contributed by atoms with Crippen LogP contribution < -0.4 is 20.7 Å². The van der Waals surface area contributed by atoms with Gasteiger partial charge in [-0.2, -0.15) is 0 Å². The largest absolute Gasteiger partial charge is 0.486 e. The maximum absolute atomic E-state index is 12.4. The van der Waals surface area contributed by atoms with E-state index < -0.39 is 11.2 Å². The summed E-state index contributed by atoms with van der Waals surface area (Å²) in [7, 11) is 0. The van der Waals surface area contributed by atoms with Crippen molar-refractivity contribution in [3.8, 4) is 17.2 Å². The van der Waals surface area contributed by atoms with Gasteiger partial charge in [0.25, 0.3) is 5.56 Å². The van der Waals surface area contributed by atoms with E-state index in [9.17, 15) is 9.59 Å². The highest BCUT2D eigenvalue weighted by Gasteiger charge is 2.16. The Kier molecular flexibility index (Phi) is 3.47. The molecule has 1 aliphatic rings. The van der Waals surface area contributed by atoms with Gasteiger partial charge >= 0.3 is 5.69 Å². The maximum atomic E-state index is 12.4. The number of rotatable bonds is 2. The minimum Gasteiger partial charge on any atom is -0.486 e. The molecule has 0 saturated carbocycles. The molecule has 2 heterocycles. The molecule has 0 bridgehead atoms. The van der Waals surface area contributed by atoms with Gasteiger partial charge in [-0.1, -0.05) is 18.5 Å². The van der Waals surface area contributed by atoms with Crippen LogP contribution in [0.15, 0.2) is 27.8 Å². The molecule has 7 heteroatoms. The van der Waals surface area contributed by atoms with Crippen LogP contribution in [-0.4, -0.2) is 22.8 Å². The lowest BCUT2D eigenvalue weighted by molar-refractivity contribution is 0.171. The maximum Gasteiger partial charge on any atom is 0.334 e. The van der Waals surface area contributed by atoms with Crippen molar-refractivity contribution in [3.63, 3.8) is 0 Å². The van der Waals surface area contributed by atoms with E-state index >= 15 is 0 Å². The average Bonchev–Trinajstić information content (AvgIpc) is 2.47. The number of nitrogens with zero attached hydrogens (tertiary/aromatic N) is 1. The van der Waals surface area contributed by atoms with Gasteiger partial charge in [0.1, 0.15) is 18.4 Å². The number of hydrogen-bond acceptors (Lipinski definition) is 4. The highest BCUT2D eigenvalue weighted by molar-refractivity contribution is 6.30. The molecule has 1 N–H and O–H groups in total. The predicted molar refractivity (Wildman–Crippen MR) is 78.0 cm³/mol. The van der Waals surface area contributed by atoms with Gasteiger partial charge in [-0.3, -0.25) is 9.78 Å². The second-order valence-electron chi connectivity index (χ2n) is 4.54. The van der Waals surface area contributed by atoms with Crippen LogP contribution in [0.2, 0.25) is 5.15 Å². The van der Waals surface area contributed by atoms with Crippen molar-refractivity contribution in [1.29, 1.82) is 0 Å². The predicted octanol–water partition coefficient (Wildman–Crippen LogP) is 1.51. The molecule has 0 saturated heterocycles. The lowest BCUT2D eigenvalue weighted by atomic mass is 10.2. The summed E-state index contributed by atoms with van der Waals surface area (Å²) in [4.78, 5) is 26.9. The number of benzene rings is 1. The first-order valence-corrected chi connectivity index (χ1v) is 6.93. The van der Waals surface area contributed by atoms with Gasteiger partial charge in [0.2, 0.25) is 0 Å². The number of halogens is 1. The average molecular weight is 309 g/mol. The van der Waals surface area contributed by atoms with Gasteiger partial charge in [0.05, 0.1) is 11.3 Å². The standard InChI is InChI=1S/C14H13ClN2O4/c1-2-9-12(15)16-14(19)17(13(9)18)8-3-4-10-11(7-8)21-6-5-20-10/h3-4,7H,2,5-6H2,1H3,(H,16,19). The second kappa shape index (κ2) is 5.29. The molecule has 0 spiro atoms. The molecule has 1 aromatic carbocycles. The molecule has 110 valence electrons. The second-order valence-corrected chi connectivity index (χ2v) is 4.92. The van der Waals surface area contributed by atoms with Gasteiger partial charge in [-0.05, 0) is 18.6 Å². The molecule has 0 radical (unpaired) electrons. The third-order valence-corrected chi connectivity index (χ3v) is 3.61. The van der Waals surface area contributed by atoms with Crippen LogP contribution >= 0.6 is 11.6 Å². The zero-order valence-corrected chi connectivity index (χ0v) is 12.1. The molecule has 0 unspecified atom stereocenters. The molecule has 6 nitrogen and oxygen atoms in total. The fraction of sp³-hybridized carbons (Fsp3) is 0.286. The summed E-state index contributed by atoms with van der Waals surface area (Å²) in [6.45, 7) is 2.71. The molecule has 2 aromatic rings. The quantitative estimate of drug-likeness (QED) is 0.854. The van der Waals surface area contributed by atoms with E-state index in [1.807, 2.05) is 0 Å². The van der Waals surface area contributed by atoms with E-state index in [0.717, 1.165) is 4.57 Å². The first-order valence-electron chi connectivity index (χ1n) is 6.55. The highest BCUT2D eigenvalue weighted by atomic mass is 35.5. The molecule has 1 aliphatic heterocycles. The van der Waals surface area contributed by atoms with Gasteiger partial charge in [0.15, 0.2) is 11.5 Å². The SMILES string of the molecule is CCc1c(Cl)[nH]c(=O)n(-c2ccc3c(c2)OCCO3)c1=O. The molecule has 0 aliphatic carbocycles. The molecule has 0 fully saturated rings. The summed E-state index contributed by atoms with van der Waals surface area (Å²) >= 11 is 5.90. The molecule has 0 amide bonds. The summed E-state index contributed by atoms with van der Waals surface area (Å²) < 4.78 is 11.9. The van der Waals surface area contributed by atoms with E-state index in [0.29, 0.717) is 42.4 Å². The van der Waals surface area contributed by atoms with E-state index in [1.165, 1.54) is 0 Å². The molecule has 1 aromatic heterocycles. The van der Waals surface area contributed by atoms with Gasteiger partial charge < -0.3 is 9.47 Å². The molecule has 3 rings (SSSR count). The third-order valence-electron chi connectivity index (χ3n) is 3.28. The monoisotopic (exact) mass is 308 g/mol. The number of ether oxygens (including phenoxy) is 2. The molecule has 0 atom stereocenters. The molecular weight excluding hydrogens is 296 g/mol. The number of aromatic nitrogens is 2. The van der Waals surface area contributed by atoms with Crippen LogP contribution in [0.25, 0.3) is 5.69 Å². The highest BCUT2D eigenvalue weighted by Crippen LogP contribution is 2.31. The van der Waals surface area contributed by atoms with Crippen LogP contribution in [0.3, 0.4) is 0 Å². The fourth-order valence-corrected chi connectivity index (χ4v) is 2.55. The van der Waals surface area contributed by atoms with Crippen LogP contribution in [0.1, 0.15) is 12.5 Å². The van der Waals surface area contributed by atoms with Crippen molar-refractivity contribution >= 4 is 11.6 Å². The summed E-state index contributed by atoms with van der Waals surface area (Å²) in [5.41, 5.74) is -0.232. The number of aromatic amines is 1. The Morgan fingerprint density at radius 3 is 2.67 bits per heavy atom. The van der Waals surface area contributed by atoms with Crippen molar-refractivity contribution in [2.45, 2.75) is 13.3 Å². The lowest BCUT2D eigenvalue weighted by Crippen LogP contribution is -2.36. The van der Waals surface area contributed by atoms with Gasteiger partial charge in [-0.25, -0.2) is 9.36 Å². The van der Waals surface area contributed by atoms with Crippen LogP contribution in [0.4, 0.5) is 0 Å². The van der Waals surface area contributed by atoms with Crippen LogP contribution in [-0.2, 0) is 6.42 Å². The molecular formula is C14H13ClN2O4. The third kappa shape index (κ3) is 2.31. The Morgan fingerprint density at radius 2 is 1.95 bits per heavy atom. The van der Waals surface area contributed by atoms with E-state index in [-0.39, 0.29) is 5.15 Å². The van der Waals surface area contributed by atoms with E-state index in [1.54, 1.807) is 25.1 Å². The number of fused-ring (bicyclic) bond motifs is 1. The zero-order chi connectivity index (χ0) is 15.0.